The molecule has 1 aromatic heterocycles. The summed E-state index contributed by atoms with van der Waals surface area (Å²) in [6, 6.07) is 7.42. The van der Waals surface area contributed by atoms with Gasteiger partial charge in [-0.2, -0.15) is 0 Å². The topological polar surface area (TPSA) is 66.9 Å². The molecule has 0 bridgehead atoms. The van der Waals surface area contributed by atoms with E-state index in [-0.39, 0.29) is 5.91 Å². The van der Waals surface area contributed by atoms with Crippen LogP contribution in [0.15, 0.2) is 28.6 Å². The van der Waals surface area contributed by atoms with Crippen molar-refractivity contribution in [1.29, 1.82) is 0 Å². The molecule has 0 aliphatic heterocycles. The molecule has 0 aliphatic carbocycles. The van der Waals surface area contributed by atoms with Crippen LogP contribution in [0.5, 0.6) is 0 Å². The van der Waals surface area contributed by atoms with E-state index >= 15 is 0 Å². The SMILES string of the molecule is CNc1nnc(SCC(=O)NCc2cccc(Cl)c2)s1. The number of aromatic nitrogens is 2. The standard InChI is InChI=1S/C12H13ClN4OS2/c1-14-11-16-17-12(20-11)19-7-10(18)15-6-8-3-2-4-9(13)5-8/h2-5H,6-7H2,1H3,(H,14,16)(H,15,18). The molecule has 2 rings (SSSR count). The predicted molar refractivity (Wildman–Crippen MR) is 83.5 cm³/mol. The number of carbonyl (C=O) groups is 1. The van der Waals surface area contributed by atoms with Crippen LogP contribution in [-0.2, 0) is 11.3 Å². The van der Waals surface area contributed by atoms with E-state index in [4.69, 9.17) is 11.6 Å². The van der Waals surface area contributed by atoms with Crippen molar-refractivity contribution in [3.63, 3.8) is 0 Å². The average Bonchev–Trinajstić information content (AvgIpc) is 2.91. The summed E-state index contributed by atoms with van der Waals surface area (Å²) in [6.45, 7) is 0.470. The Morgan fingerprint density at radius 2 is 2.30 bits per heavy atom. The molecule has 0 saturated carbocycles. The minimum absolute atomic E-state index is 0.0452. The molecule has 0 atom stereocenters. The van der Waals surface area contributed by atoms with E-state index in [1.54, 1.807) is 13.1 Å². The zero-order valence-corrected chi connectivity index (χ0v) is 13.1. The highest BCUT2D eigenvalue weighted by atomic mass is 35.5. The van der Waals surface area contributed by atoms with Gasteiger partial charge in [0.25, 0.3) is 0 Å². The number of carbonyl (C=O) groups excluding carboxylic acids is 1. The van der Waals surface area contributed by atoms with Gasteiger partial charge in [-0.15, -0.1) is 10.2 Å². The molecule has 1 aromatic carbocycles. The molecular formula is C12H13ClN4OS2. The van der Waals surface area contributed by atoms with Crippen LogP contribution in [-0.4, -0.2) is 28.9 Å². The maximum atomic E-state index is 11.7. The van der Waals surface area contributed by atoms with Crippen LogP contribution in [0.25, 0.3) is 0 Å². The molecule has 2 aromatic rings. The van der Waals surface area contributed by atoms with E-state index in [2.05, 4.69) is 20.8 Å². The number of nitrogens with zero attached hydrogens (tertiary/aromatic N) is 2. The summed E-state index contributed by atoms with van der Waals surface area (Å²) >= 11 is 8.67. The van der Waals surface area contributed by atoms with Gasteiger partial charge in [0.1, 0.15) is 0 Å². The lowest BCUT2D eigenvalue weighted by Gasteiger charge is -2.04. The average molecular weight is 329 g/mol. The van der Waals surface area contributed by atoms with Crippen molar-refractivity contribution < 1.29 is 4.79 Å². The minimum atomic E-state index is -0.0452. The van der Waals surface area contributed by atoms with Gasteiger partial charge in [0.2, 0.25) is 11.0 Å². The second-order valence-electron chi connectivity index (χ2n) is 3.82. The Morgan fingerprint density at radius 3 is 3.00 bits per heavy atom. The summed E-state index contributed by atoms with van der Waals surface area (Å²) in [6.07, 6.45) is 0. The first kappa shape index (κ1) is 15.1. The largest absolute Gasteiger partial charge is 0.363 e. The summed E-state index contributed by atoms with van der Waals surface area (Å²) in [5.74, 6) is 0.273. The molecule has 106 valence electrons. The molecule has 2 N–H and O–H groups in total. The van der Waals surface area contributed by atoms with Crippen LogP contribution in [0.4, 0.5) is 5.13 Å². The fourth-order valence-corrected chi connectivity index (χ4v) is 3.14. The first-order chi connectivity index (χ1) is 9.67. The van der Waals surface area contributed by atoms with E-state index in [1.807, 2.05) is 18.2 Å². The highest BCUT2D eigenvalue weighted by molar-refractivity contribution is 8.01. The van der Waals surface area contributed by atoms with Crippen LogP contribution in [0.2, 0.25) is 5.02 Å². The van der Waals surface area contributed by atoms with Crippen molar-refractivity contribution in [3.8, 4) is 0 Å². The third kappa shape index (κ3) is 4.66. The van der Waals surface area contributed by atoms with E-state index < -0.39 is 0 Å². The zero-order chi connectivity index (χ0) is 14.4. The molecule has 1 amide bonds. The van der Waals surface area contributed by atoms with E-state index in [1.165, 1.54) is 23.1 Å². The molecule has 0 saturated heterocycles. The Bertz CT molecular complexity index is 590. The van der Waals surface area contributed by atoms with E-state index in [0.29, 0.717) is 17.3 Å². The Hall–Kier alpha value is -1.31. The van der Waals surface area contributed by atoms with Gasteiger partial charge in [-0.05, 0) is 17.7 Å². The number of thioether (sulfide) groups is 1. The number of halogens is 1. The summed E-state index contributed by atoms with van der Waals surface area (Å²) in [5.41, 5.74) is 0.976. The summed E-state index contributed by atoms with van der Waals surface area (Å²) < 4.78 is 0.771. The monoisotopic (exact) mass is 328 g/mol. The highest BCUT2D eigenvalue weighted by Gasteiger charge is 2.07. The van der Waals surface area contributed by atoms with Gasteiger partial charge in [0.05, 0.1) is 5.75 Å². The summed E-state index contributed by atoms with van der Waals surface area (Å²) in [4.78, 5) is 11.7. The molecule has 0 fully saturated rings. The van der Waals surface area contributed by atoms with Gasteiger partial charge < -0.3 is 10.6 Å². The quantitative estimate of drug-likeness (QED) is 0.798. The molecule has 1 heterocycles. The molecule has 5 nitrogen and oxygen atoms in total. The Labute approximate surface area is 130 Å². The number of hydrogen-bond acceptors (Lipinski definition) is 6. The van der Waals surface area contributed by atoms with Gasteiger partial charge in [0.15, 0.2) is 4.34 Å². The fraction of sp³-hybridized carbons (Fsp3) is 0.250. The summed E-state index contributed by atoms with van der Waals surface area (Å²) in [7, 11) is 1.78. The molecule has 0 radical (unpaired) electrons. The Kier molecular flexibility index (Phi) is 5.63. The number of amides is 1. The number of rotatable bonds is 6. The third-order valence-corrected chi connectivity index (χ3v) is 4.63. The van der Waals surface area contributed by atoms with Gasteiger partial charge in [-0.1, -0.05) is 46.8 Å². The number of nitrogens with one attached hydrogen (secondary N) is 2. The first-order valence-electron chi connectivity index (χ1n) is 5.82. The van der Waals surface area contributed by atoms with Gasteiger partial charge in [-0.25, -0.2) is 0 Å². The fourth-order valence-electron chi connectivity index (χ4n) is 1.40. The van der Waals surface area contributed by atoms with Crippen LogP contribution in [0.1, 0.15) is 5.56 Å². The number of benzene rings is 1. The smallest absolute Gasteiger partial charge is 0.230 e. The lowest BCUT2D eigenvalue weighted by molar-refractivity contribution is -0.118. The zero-order valence-electron chi connectivity index (χ0n) is 10.7. The molecule has 20 heavy (non-hydrogen) atoms. The van der Waals surface area contributed by atoms with Gasteiger partial charge >= 0.3 is 0 Å². The van der Waals surface area contributed by atoms with Crippen molar-refractivity contribution in [1.82, 2.24) is 15.5 Å². The molecule has 0 unspecified atom stereocenters. The molecule has 8 heteroatoms. The number of anilines is 1. The van der Waals surface area contributed by atoms with Crippen molar-refractivity contribution in [3.05, 3.63) is 34.9 Å². The van der Waals surface area contributed by atoms with Crippen molar-refractivity contribution in [2.45, 2.75) is 10.9 Å². The second kappa shape index (κ2) is 7.47. The minimum Gasteiger partial charge on any atom is -0.363 e. The van der Waals surface area contributed by atoms with Crippen LogP contribution in [0.3, 0.4) is 0 Å². The third-order valence-electron chi connectivity index (χ3n) is 2.33. The predicted octanol–water partition coefficient (Wildman–Crippen LogP) is 2.64. The highest BCUT2D eigenvalue weighted by Crippen LogP contribution is 2.24. The lowest BCUT2D eigenvalue weighted by Crippen LogP contribution is -2.24. The first-order valence-corrected chi connectivity index (χ1v) is 8.00. The Balaban J connectivity index is 1.75. The normalized spacial score (nSPS) is 10.3. The van der Waals surface area contributed by atoms with E-state index in [0.717, 1.165) is 15.0 Å². The molecule has 0 aliphatic rings. The van der Waals surface area contributed by atoms with Crippen LogP contribution in [0, 0.1) is 0 Å². The summed E-state index contributed by atoms with van der Waals surface area (Å²) in [5, 5.41) is 15.0. The van der Waals surface area contributed by atoms with Crippen LogP contribution < -0.4 is 10.6 Å². The second-order valence-corrected chi connectivity index (χ2v) is 6.45. The van der Waals surface area contributed by atoms with Crippen molar-refractivity contribution in [2.75, 3.05) is 18.1 Å². The van der Waals surface area contributed by atoms with Gasteiger partial charge in [0, 0.05) is 18.6 Å². The van der Waals surface area contributed by atoms with E-state index in [9.17, 15) is 4.79 Å². The van der Waals surface area contributed by atoms with Crippen molar-refractivity contribution in [2.24, 2.45) is 0 Å². The maximum Gasteiger partial charge on any atom is 0.230 e. The maximum absolute atomic E-state index is 11.7. The van der Waals surface area contributed by atoms with Crippen molar-refractivity contribution >= 4 is 45.7 Å². The van der Waals surface area contributed by atoms with Crippen LogP contribution >= 0.6 is 34.7 Å². The lowest BCUT2D eigenvalue weighted by atomic mass is 10.2. The Morgan fingerprint density at radius 1 is 1.45 bits per heavy atom. The number of hydrogen-bond donors (Lipinski definition) is 2. The molecular weight excluding hydrogens is 316 g/mol. The van der Waals surface area contributed by atoms with Gasteiger partial charge in [-0.3, -0.25) is 4.79 Å². The molecule has 0 spiro atoms.